The molecular formula is C16H25FN4. The van der Waals surface area contributed by atoms with Crippen molar-refractivity contribution in [2.75, 3.05) is 26.7 Å². The summed E-state index contributed by atoms with van der Waals surface area (Å²) in [4.78, 5) is 4.66. The maximum Gasteiger partial charge on any atom is 0.138 e. The summed E-state index contributed by atoms with van der Waals surface area (Å²) in [5.74, 6) is -0.573. The molecule has 21 heavy (non-hydrogen) atoms. The molecule has 4 nitrogen and oxygen atoms in total. The Morgan fingerprint density at radius 3 is 2.67 bits per heavy atom. The third kappa shape index (κ3) is 3.80. The molecule has 1 fully saturated rings. The van der Waals surface area contributed by atoms with E-state index in [4.69, 9.17) is 11.1 Å². The van der Waals surface area contributed by atoms with Gasteiger partial charge in [0.2, 0.25) is 0 Å². The van der Waals surface area contributed by atoms with Gasteiger partial charge >= 0.3 is 0 Å². The van der Waals surface area contributed by atoms with Gasteiger partial charge in [0.25, 0.3) is 0 Å². The highest BCUT2D eigenvalue weighted by molar-refractivity contribution is 5.95. The third-order valence-corrected chi connectivity index (χ3v) is 4.42. The van der Waals surface area contributed by atoms with Crippen LogP contribution in [-0.2, 0) is 6.54 Å². The molecule has 0 aromatic heterocycles. The molecule has 0 spiro atoms. The molecule has 0 bridgehead atoms. The number of amidine groups is 1. The van der Waals surface area contributed by atoms with Crippen molar-refractivity contribution < 1.29 is 4.39 Å². The Morgan fingerprint density at radius 2 is 2.10 bits per heavy atom. The normalized spacial score (nSPS) is 17.3. The van der Waals surface area contributed by atoms with Gasteiger partial charge in [-0.1, -0.05) is 19.1 Å². The van der Waals surface area contributed by atoms with Gasteiger partial charge < -0.3 is 10.6 Å². The zero-order chi connectivity index (χ0) is 15.4. The van der Waals surface area contributed by atoms with Crippen molar-refractivity contribution in [3.63, 3.8) is 0 Å². The van der Waals surface area contributed by atoms with E-state index in [-0.39, 0.29) is 17.2 Å². The van der Waals surface area contributed by atoms with Gasteiger partial charge in [0, 0.05) is 18.2 Å². The van der Waals surface area contributed by atoms with Crippen molar-refractivity contribution in [2.45, 2.75) is 32.4 Å². The third-order valence-electron chi connectivity index (χ3n) is 4.42. The summed E-state index contributed by atoms with van der Waals surface area (Å²) >= 11 is 0. The number of hydrogen-bond donors (Lipinski definition) is 2. The van der Waals surface area contributed by atoms with E-state index in [1.165, 1.54) is 0 Å². The van der Waals surface area contributed by atoms with Gasteiger partial charge in [-0.25, -0.2) is 4.39 Å². The van der Waals surface area contributed by atoms with Crippen LogP contribution in [0, 0.1) is 11.2 Å². The molecular weight excluding hydrogens is 267 g/mol. The molecule has 0 amide bonds. The minimum Gasteiger partial charge on any atom is -0.384 e. The number of nitrogens with one attached hydrogen (secondary N) is 1. The van der Waals surface area contributed by atoms with Gasteiger partial charge in [-0.15, -0.1) is 0 Å². The van der Waals surface area contributed by atoms with E-state index in [1.807, 2.05) is 7.05 Å². The zero-order valence-corrected chi connectivity index (χ0v) is 12.9. The molecule has 1 aliphatic heterocycles. The van der Waals surface area contributed by atoms with Crippen molar-refractivity contribution in [2.24, 2.45) is 5.73 Å². The second-order valence-electron chi connectivity index (χ2n) is 5.77. The fraction of sp³-hybridized carbons (Fsp3) is 0.562. The van der Waals surface area contributed by atoms with E-state index >= 15 is 0 Å². The van der Waals surface area contributed by atoms with Crippen LogP contribution >= 0.6 is 0 Å². The molecule has 1 saturated heterocycles. The Labute approximate surface area is 126 Å². The number of halogens is 1. The molecule has 0 radical (unpaired) electrons. The van der Waals surface area contributed by atoms with E-state index in [0.29, 0.717) is 18.2 Å². The summed E-state index contributed by atoms with van der Waals surface area (Å²) in [6.45, 7) is 6.07. The number of nitrogen functional groups attached to an aromatic ring is 1. The molecule has 0 saturated carbocycles. The quantitative estimate of drug-likeness (QED) is 0.645. The SMILES string of the molecule is CCN1CCC(N(C)Cc2cccc(C(=N)N)c2F)CC1. The molecule has 0 aliphatic carbocycles. The summed E-state index contributed by atoms with van der Waals surface area (Å²) in [5, 5.41) is 7.41. The summed E-state index contributed by atoms with van der Waals surface area (Å²) in [7, 11) is 2.05. The van der Waals surface area contributed by atoms with Gasteiger partial charge in [-0.2, -0.15) is 0 Å². The Balaban J connectivity index is 2.02. The predicted molar refractivity (Wildman–Crippen MR) is 84.0 cm³/mol. The molecule has 0 atom stereocenters. The second kappa shape index (κ2) is 7.00. The van der Waals surface area contributed by atoms with Crippen LogP contribution in [0.25, 0.3) is 0 Å². The standard InChI is InChI=1S/C16H25FN4/c1-3-21-9-7-13(8-10-21)20(2)11-12-5-4-6-14(15(12)17)16(18)19/h4-6,13H,3,7-11H2,1-2H3,(H3,18,19). The first-order valence-corrected chi connectivity index (χ1v) is 7.57. The molecule has 3 N–H and O–H groups in total. The number of piperidine rings is 1. The largest absolute Gasteiger partial charge is 0.384 e. The highest BCUT2D eigenvalue weighted by Gasteiger charge is 2.22. The van der Waals surface area contributed by atoms with Crippen LogP contribution < -0.4 is 5.73 Å². The minimum atomic E-state index is -0.358. The summed E-state index contributed by atoms with van der Waals surface area (Å²) in [6.07, 6.45) is 2.25. The number of benzene rings is 1. The smallest absolute Gasteiger partial charge is 0.138 e. The second-order valence-corrected chi connectivity index (χ2v) is 5.77. The number of rotatable bonds is 5. The van der Waals surface area contributed by atoms with Crippen LogP contribution in [0.2, 0.25) is 0 Å². The topological polar surface area (TPSA) is 56.4 Å². The van der Waals surface area contributed by atoms with Crippen LogP contribution in [0.4, 0.5) is 4.39 Å². The number of nitrogens with two attached hydrogens (primary N) is 1. The Bertz CT molecular complexity index is 495. The predicted octanol–water partition coefficient (Wildman–Crippen LogP) is 2.03. The van der Waals surface area contributed by atoms with Gasteiger partial charge in [-0.3, -0.25) is 10.3 Å². The van der Waals surface area contributed by atoms with Gasteiger partial charge in [-0.05, 0) is 45.6 Å². The first kappa shape index (κ1) is 15.9. The monoisotopic (exact) mass is 292 g/mol. The molecule has 5 heteroatoms. The highest BCUT2D eigenvalue weighted by Crippen LogP contribution is 2.20. The summed E-state index contributed by atoms with van der Waals surface area (Å²) in [6, 6.07) is 5.59. The number of likely N-dealkylation sites (tertiary alicyclic amines) is 1. The zero-order valence-electron chi connectivity index (χ0n) is 12.9. The van der Waals surface area contributed by atoms with Gasteiger partial charge in [0.1, 0.15) is 11.7 Å². The molecule has 2 rings (SSSR count). The van der Waals surface area contributed by atoms with Crippen LogP contribution in [0.15, 0.2) is 18.2 Å². The average Bonchev–Trinajstić information content (AvgIpc) is 2.49. The molecule has 1 aromatic rings. The number of hydrogen-bond acceptors (Lipinski definition) is 3. The van der Waals surface area contributed by atoms with Crippen molar-refractivity contribution in [1.82, 2.24) is 9.80 Å². The summed E-state index contributed by atoms with van der Waals surface area (Å²) < 4.78 is 14.3. The van der Waals surface area contributed by atoms with Crippen LogP contribution in [0.3, 0.4) is 0 Å². The lowest BCUT2D eigenvalue weighted by molar-refractivity contribution is 0.126. The maximum absolute atomic E-state index is 14.3. The van der Waals surface area contributed by atoms with Gasteiger partial charge in [0.15, 0.2) is 0 Å². The van der Waals surface area contributed by atoms with E-state index in [0.717, 1.165) is 32.5 Å². The first-order valence-electron chi connectivity index (χ1n) is 7.57. The summed E-state index contributed by atoms with van der Waals surface area (Å²) in [5.41, 5.74) is 6.22. The molecule has 1 heterocycles. The lowest BCUT2D eigenvalue weighted by Gasteiger charge is -2.36. The van der Waals surface area contributed by atoms with Crippen molar-refractivity contribution in [3.8, 4) is 0 Å². The van der Waals surface area contributed by atoms with Crippen molar-refractivity contribution in [3.05, 3.63) is 35.1 Å². The Hall–Kier alpha value is -1.46. The lowest BCUT2D eigenvalue weighted by atomic mass is 10.0. The van der Waals surface area contributed by atoms with E-state index in [1.54, 1.807) is 18.2 Å². The average molecular weight is 292 g/mol. The number of nitrogens with zero attached hydrogens (tertiary/aromatic N) is 2. The van der Waals surface area contributed by atoms with E-state index in [9.17, 15) is 4.39 Å². The first-order chi connectivity index (χ1) is 10.0. The van der Waals surface area contributed by atoms with Crippen molar-refractivity contribution >= 4 is 5.84 Å². The molecule has 0 unspecified atom stereocenters. The van der Waals surface area contributed by atoms with Crippen molar-refractivity contribution in [1.29, 1.82) is 5.41 Å². The lowest BCUT2D eigenvalue weighted by Crippen LogP contribution is -2.43. The molecule has 116 valence electrons. The van der Waals surface area contributed by atoms with E-state index < -0.39 is 0 Å². The fourth-order valence-electron chi connectivity index (χ4n) is 2.98. The Morgan fingerprint density at radius 1 is 1.43 bits per heavy atom. The minimum absolute atomic E-state index is 0.196. The van der Waals surface area contributed by atoms with Crippen LogP contribution in [0.1, 0.15) is 30.9 Å². The van der Waals surface area contributed by atoms with E-state index in [2.05, 4.69) is 16.7 Å². The highest BCUT2D eigenvalue weighted by atomic mass is 19.1. The fourth-order valence-corrected chi connectivity index (χ4v) is 2.98. The maximum atomic E-state index is 14.3. The van der Waals surface area contributed by atoms with Crippen LogP contribution in [0.5, 0.6) is 0 Å². The van der Waals surface area contributed by atoms with Crippen LogP contribution in [-0.4, -0.2) is 48.4 Å². The Kier molecular flexibility index (Phi) is 5.31. The molecule has 1 aromatic carbocycles. The molecule has 1 aliphatic rings. The van der Waals surface area contributed by atoms with Gasteiger partial charge in [0.05, 0.1) is 5.56 Å².